The monoisotopic (exact) mass is 430 g/mol. The van der Waals surface area contributed by atoms with Gasteiger partial charge in [0.15, 0.2) is 0 Å². The van der Waals surface area contributed by atoms with Gasteiger partial charge < -0.3 is 10.2 Å². The number of benzene rings is 1. The Kier molecular flexibility index (Phi) is 6.03. The summed E-state index contributed by atoms with van der Waals surface area (Å²) in [7, 11) is 0. The lowest BCUT2D eigenvalue weighted by Crippen LogP contribution is -2.44. The number of amides is 2. The zero-order chi connectivity index (χ0) is 16.3. The van der Waals surface area contributed by atoms with Crippen LogP contribution in [0.15, 0.2) is 27.1 Å². The van der Waals surface area contributed by atoms with Gasteiger partial charge in [0.1, 0.15) is 0 Å². The van der Waals surface area contributed by atoms with Gasteiger partial charge >= 0.3 is 0 Å². The minimum atomic E-state index is 0.00191. The number of likely N-dealkylation sites (tertiary alicyclic amines) is 1. The van der Waals surface area contributed by atoms with Gasteiger partial charge in [-0.15, -0.1) is 0 Å². The van der Waals surface area contributed by atoms with Crippen LogP contribution in [-0.2, 0) is 4.79 Å². The molecule has 0 spiro atoms. The summed E-state index contributed by atoms with van der Waals surface area (Å²) in [5.74, 6) is 0.111. The first-order valence-electron chi connectivity index (χ1n) is 7.43. The molecule has 2 amide bonds. The van der Waals surface area contributed by atoms with Crippen molar-refractivity contribution < 1.29 is 9.59 Å². The van der Waals surface area contributed by atoms with E-state index in [9.17, 15) is 9.59 Å². The molecular weight excluding hydrogens is 412 g/mol. The third kappa shape index (κ3) is 4.10. The lowest BCUT2D eigenvalue weighted by atomic mass is 9.95. The molecule has 1 aromatic carbocycles. The highest BCUT2D eigenvalue weighted by Gasteiger charge is 2.29. The number of hydrogen-bond donors (Lipinski definition) is 1. The quantitative estimate of drug-likeness (QED) is 0.794. The smallest absolute Gasteiger partial charge is 0.256 e. The SMILES string of the molecule is CC(C)NC(=O)C1CCN(C(=O)c2c(Br)cccc2Br)CC1. The minimum Gasteiger partial charge on any atom is -0.354 e. The molecule has 1 fully saturated rings. The largest absolute Gasteiger partial charge is 0.354 e. The van der Waals surface area contributed by atoms with Crippen molar-refractivity contribution in [2.45, 2.75) is 32.7 Å². The summed E-state index contributed by atoms with van der Waals surface area (Å²) in [5, 5.41) is 2.95. The molecule has 0 aliphatic carbocycles. The van der Waals surface area contributed by atoms with Gasteiger partial charge in [0.25, 0.3) is 5.91 Å². The zero-order valence-corrected chi connectivity index (χ0v) is 15.9. The van der Waals surface area contributed by atoms with Crippen LogP contribution < -0.4 is 5.32 Å². The van der Waals surface area contributed by atoms with E-state index in [1.54, 1.807) is 0 Å². The highest BCUT2D eigenvalue weighted by atomic mass is 79.9. The zero-order valence-electron chi connectivity index (χ0n) is 12.7. The Labute approximate surface area is 147 Å². The Morgan fingerprint density at radius 2 is 1.73 bits per heavy atom. The van der Waals surface area contributed by atoms with Gasteiger partial charge in [-0.05, 0) is 70.7 Å². The Morgan fingerprint density at radius 1 is 1.18 bits per heavy atom. The molecule has 0 atom stereocenters. The number of nitrogens with zero attached hydrogens (tertiary/aromatic N) is 1. The minimum absolute atomic E-state index is 0.00191. The van der Waals surface area contributed by atoms with Crippen molar-refractivity contribution in [3.8, 4) is 0 Å². The summed E-state index contributed by atoms with van der Waals surface area (Å²) in [6, 6.07) is 5.76. The van der Waals surface area contributed by atoms with Crippen LogP contribution in [0, 0.1) is 5.92 Å². The van der Waals surface area contributed by atoms with Crippen molar-refractivity contribution in [3.63, 3.8) is 0 Å². The first-order valence-corrected chi connectivity index (χ1v) is 9.02. The number of piperidine rings is 1. The van der Waals surface area contributed by atoms with Crippen molar-refractivity contribution >= 4 is 43.7 Å². The van der Waals surface area contributed by atoms with Crippen LogP contribution in [0.25, 0.3) is 0 Å². The van der Waals surface area contributed by atoms with Crippen LogP contribution >= 0.6 is 31.9 Å². The highest BCUT2D eigenvalue weighted by Crippen LogP contribution is 2.28. The molecule has 1 aliphatic heterocycles. The number of carbonyl (C=O) groups is 2. The first kappa shape index (κ1) is 17.5. The van der Waals surface area contributed by atoms with Crippen molar-refractivity contribution in [1.82, 2.24) is 10.2 Å². The fraction of sp³-hybridized carbons (Fsp3) is 0.500. The molecule has 4 nitrogen and oxygen atoms in total. The average Bonchev–Trinajstić information content (AvgIpc) is 2.46. The lowest BCUT2D eigenvalue weighted by Gasteiger charge is -2.32. The number of hydrogen-bond acceptors (Lipinski definition) is 2. The van der Waals surface area contributed by atoms with E-state index in [0.29, 0.717) is 31.5 Å². The second kappa shape index (κ2) is 7.59. The molecule has 1 N–H and O–H groups in total. The summed E-state index contributed by atoms with van der Waals surface area (Å²) < 4.78 is 1.57. The molecule has 1 aliphatic rings. The highest BCUT2D eigenvalue weighted by molar-refractivity contribution is 9.11. The second-order valence-electron chi connectivity index (χ2n) is 5.83. The molecule has 22 heavy (non-hydrogen) atoms. The molecule has 0 aromatic heterocycles. The van der Waals surface area contributed by atoms with E-state index in [1.807, 2.05) is 36.9 Å². The van der Waals surface area contributed by atoms with E-state index in [2.05, 4.69) is 37.2 Å². The molecule has 6 heteroatoms. The van der Waals surface area contributed by atoms with Gasteiger partial charge in [-0.1, -0.05) is 6.07 Å². The van der Waals surface area contributed by atoms with E-state index in [0.717, 1.165) is 8.95 Å². The standard InChI is InChI=1S/C16H20Br2N2O2/c1-10(2)19-15(21)11-6-8-20(9-7-11)16(22)14-12(17)4-3-5-13(14)18/h3-5,10-11H,6-9H2,1-2H3,(H,19,21). The number of carbonyl (C=O) groups excluding carboxylic acids is 2. The van der Waals surface area contributed by atoms with Crippen molar-refractivity contribution in [3.05, 3.63) is 32.7 Å². The third-order valence-corrected chi connectivity index (χ3v) is 5.08. The summed E-state index contributed by atoms with van der Waals surface area (Å²) in [4.78, 5) is 26.5. The van der Waals surface area contributed by atoms with Crippen LogP contribution in [0.3, 0.4) is 0 Å². The van der Waals surface area contributed by atoms with Gasteiger partial charge in [0, 0.05) is 34.0 Å². The van der Waals surface area contributed by atoms with E-state index in [4.69, 9.17) is 0 Å². The molecule has 0 radical (unpaired) electrons. The van der Waals surface area contributed by atoms with Crippen LogP contribution in [0.5, 0.6) is 0 Å². The predicted molar refractivity (Wildman–Crippen MR) is 93.7 cm³/mol. The lowest BCUT2D eigenvalue weighted by molar-refractivity contribution is -0.126. The van der Waals surface area contributed by atoms with Gasteiger partial charge in [-0.3, -0.25) is 9.59 Å². The normalized spacial score (nSPS) is 16.0. The van der Waals surface area contributed by atoms with Crippen molar-refractivity contribution in [2.75, 3.05) is 13.1 Å². The van der Waals surface area contributed by atoms with Crippen LogP contribution in [-0.4, -0.2) is 35.8 Å². The Morgan fingerprint density at radius 3 is 2.23 bits per heavy atom. The number of rotatable bonds is 3. The predicted octanol–water partition coefficient (Wildman–Crippen LogP) is 3.59. The van der Waals surface area contributed by atoms with E-state index < -0.39 is 0 Å². The van der Waals surface area contributed by atoms with Gasteiger partial charge in [-0.25, -0.2) is 0 Å². The van der Waals surface area contributed by atoms with Crippen molar-refractivity contribution in [1.29, 1.82) is 0 Å². The molecule has 1 aromatic rings. The van der Waals surface area contributed by atoms with Crippen molar-refractivity contribution in [2.24, 2.45) is 5.92 Å². The summed E-state index contributed by atoms with van der Waals surface area (Å²) in [6.07, 6.45) is 1.43. The maximum atomic E-state index is 12.7. The summed E-state index contributed by atoms with van der Waals surface area (Å²) >= 11 is 6.87. The second-order valence-corrected chi connectivity index (χ2v) is 7.54. The van der Waals surface area contributed by atoms with E-state index in [1.165, 1.54) is 0 Å². The van der Waals surface area contributed by atoms with Gasteiger partial charge in [-0.2, -0.15) is 0 Å². The maximum Gasteiger partial charge on any atom is 0.256 e. The van der Waals surface area contributed by atoms with Crippen LogP contribution in [0.1, 0.15) is 37.0 Å². The fourth-order valence-corrected chi connectivity index (χ4v) is 3.95. The van der Waals surface area contributed by atoms with Crippen LogP contribution in [0.2, 0.25) is 0 Å². The summed E-state index contributed by atoms with van der Waals surface area (Å²) in [6.45, 7) is 5.15. The molecule has 120 valence electrons. The first-order chi connectivity index (χ1) is 10.4. The van der Waals surface area contributed by atoms with Gasteiger partial charge in [0.05, 0.1) is 5.56 Å². The topological polar surface area (TPSA) is 49.4 Å². The Bertz CT molecular complexity index is 547. The van der Waals surface area contributed by atoms with E-state index in [-0.39, 0.29) is 23.8 Å². The van der Waals surface area contributed by atoms with E-state index >= 15 is 0 Å². The maximum absolute atomic E-state index is 12.7. The Balaban J connectivity index is 2.00. The average molecular weight is 432 g/mol. The molecule has 1 saturated heterocycles. The molecule has 0 saturated carbocycles. The molecule has 0 unspecified atom stereocenters. The van der Waals surface area contributed by atoms with Gasteiger partial charge in [0.2, 0.25) is 5.91 Å². The number of halogens is 2. The fourth-order valence-electron chi connectivity index (χ4n) is 2.61. The third-order valence-electron chi connectivity index (χ3n) is 3.76. The molecule has 2 rings (SSSR count). The Hall–Kier alpha value is -0.880. The summed E-state index contributed by atoms with van der Waals surface area (Å²) in [5.41, 5.74) is 0.646. The molecule has 1 heterocycles. The number of nitrogens with one attached hydrogen (secondary N) is 1. The van der Waals surface area contributed by atoms with Crippen LogP contribution in [0.4, 0.5) is 0 Å². The molecular formula is C16H20Br2N2O2. The molecule has 0 bridgehead atoms.